The van der Waals surface area contributed by atoms with Gasteiger partial charge in [0.25, 0.3) is 0 Å². The first kappa shape index (κ1) is 14.6. The summed E-state index contributed by atoms with van der Waals surface area (Å²) in [5.41, 5.74) is 2.49. The quantitative estimate of drug-likeness (QED) is 0.838. The minimum absolute atomic E-state index is 0.180. The zero-order valence-corrected chi connectivity index (χ0v) is 12.0. The van der Waals surface area contributed by atoms with Crippen LogP contribution >= 0.6 is 15.9 Å². The van der Waals surface area contributed by atoms with Gasteiger partial charge in [-0.2, -0.15) is 0 Å². The lowest BCUT2D eigenvalue weighted by Gasteiger charge is -2.21. The first-order valence-electron chi connectivity index (χ1n) is 5.74. The summed E-state index contributed by atoms with van der Waals surface area (Å²) in [6, 6.07) is 6.34. The Morgan fingerprint density at radius 2 is 2.12 bits per heavy atom. The van der Waals surface area contributed by atoms with Crippen LogP contribution in [0.15, 0.2) is 22.7 Å². The molecule has 4 heteroatoms. The van der Waals surface area contributed by atoms with Gasteiger partial charge in [0.1, 0.15) is 0 Å². The van der Waals surface area contributed by atoms with Crippen molar-refractivity contribution in [2.24, 2.45) is 0 Å². The average Bonchev–Trinajstić information content (AvgIpc) is 2.31. The summed E-state index contributed by atoms with van der Waals surface area (Å²) in [6.45, 7) is 5.32. The molecular weight excluding hydrogens is 282 g/mol. The molecule has 0 aliphatic carbocycles. The first-order chi connectivity index (χ1) is 8.17. The Bertz CT molecular complexity index is 344. The summed E-state index contributed by atoms with van der Waals surface area (Å²) in [5, 5.41) is 9.02. The van der Waals surface area contributed by atoms with Crippen molar-refractivity contribution in [3.05, 3.63) is 33.8 Å². The van der Waals surface area contributed by atoms with Gasteiger partial charge in [0, 0.05) is 31.2 Å². The molecule has 0 fully saturated rings. The molecule has 0 bridgehead atoms. The number of aliphatic hydroxyl groups is 1. The van der Waals surface area contributed by atoms with Crippen molar-refractivity contribution < 1.29 is 9.84 Å². The summed E-state index contributed by atoms with van der Waals surface area (Å²) < 4.78 is 6.20. The molecule has 0 saturated heterocycles. The molecule has 0 aliphatic heterocycles. The van der Waals surface area contributed by atoms with Crippen molar-refractivity contribution in [1.82, 2.24) is 4.90 Å². The monoisotopic (exact) mass is 301 g/mol. The van der Waals surface area contributed by atoms with Gasteiger partial charge in [0.05, 0.1) is 13.2 Å². The van der Waals surface area contributed by atoms with Gasteiger partial charge >= 0.3 is 0 Å². The number of nitrogens with zero attached hydrogens (tertiary/aromatic N) is 1. The number of hydrogen-bond donors (Lipinski definition) is 1. The molecule has 0 aromatic heterocycles. The van der Waals surface area contributed by atoms with Crippen molar-refractivity contribution in [2.75, 3.05) is 33.4 Å². The van der Waals surface area contributed by atoms with E-state index in [1.807, 2.05) is 0 Å². The van der Waals surface area contributed by atoms with Gasteiger partial charge in [-0.25, -0.2) is 0 Å². The lowest BCUT2D eigenvalue weighted by Crippen LogP contribution is -2.29. The smallest absolute Gasteiger partial charge is 0.0589 e. The Labute approximate surface area is 112 Å². The Morgan fingerprint density at radius 1 is 1.35 bits per heavy atom. The van der Waals surface area contributed by atoms with E-state index in [2.05, 4.69) is 46.0 Å². The van der Waals surface area contributed by atoms with Crippen molar-refractivity contribution in [3.63, 3.8) is 0 Å². The van der Waals surface area contributed by atoms with Crippen LogP contribution in [0.5, 0.6) is 0 Å². The molecule has 0 aliphatic rings. The lowest BCUT2D eigenvalue weighted by atomic mass is 10.1. The third-order valence-corrected chi connectivity index (χ3v) is 3.55. The van der Waals surface area contributed by atoms with Gasteiger partial charge < -0.3 is 9.84 Å². The normalized spacial score (nSPS) is 11.1. The van der Waals surface area contributed by atoms with E-state index in [0.717, 1.165) is 17.6 Å². The van der Waals surface area contributed by atoms with Crippen molar-refractivity contribution in [2.45, 2.75) is 13.5 Å². The standard InChI is InChI=1S/C13H20BrNO2/c1-11-9-12(3-4-13(11)14)10-15(5-7-16)6-8-17-2/h3-4,9,16H,5-8,10H2,1-2H3. The van der Waals surface area contributed by atoms with E-state index in [1.54, 1.807) is 7.11 Å². The van der Waals surface area contributed by atoms with Crippen LogP contribution in [0.25, 0.3) is 0 Å². The van der Waals surface area contributed by atoms with E-state index in [1.165, 1.54) is 11.1 Å². The van der Waals surface area contributed by atoms with Gasteiger partial charge in [-0.1, -0.05) is 28.1 Å². The maximum Gasteiger partial charge on any atom is 0.0589 e. The zero-order valence-electron chi connectivity index (χ0n) is 10.4. The van der Waals surface area contributed by atoms with Crippen molar-refractivity contribution in [3.8, 4) is 0 Å². The van der Waals surface area contributed by atoms with Crippen LogP contribution in [0.4, 0.5) is 0 Å². The first-order valence-corrected chi connectivity index (χ1v) is 6.54. The Kier molecular flexibility index (Phi) is 6.73. The number of rotatable bonds is 7. The van der Waals surface area contributed by atoms with Gasteiger partial charge in [0.15, 0.2) is 0 Å². The van der Waals surface area contributed by atoms with Gasteiger partial charge in [-0.3, -0.25) is 4.90 Å². The Hall–Kier alpha value is -0.420. The summed E-state index contributed by atoms with van der Waals surface area (Å²) >= 11 is 3.49. The topological polar surface area (TPSA) is 32.7 Å². The van der Waals surface area contributed by atoms with Crippen LogP contribution in [0.3, 0.4) is 0 Å². The number of aliphatic hydroxyl groups excluding tert-OH is 1. The fourth-order valence-electron chi connectivity index (χ4n) is 1.70. The molecule has 1 aromatic carbocycles. The van der Waals surface area contributed by atoms with Crippen LogP contribution in [-0.4, -0.2) is 43.4 Å². The second-order valence-corrected chi connectivity index (χ2v) is 4.93. The highest BCUT2D eigenvalue weighted by atomic mass is 79.9. The Morgan fingerprint density at radius 3 is 2.71 bits per heavy atom. The molecule has 0 atom stereocenters. The highest BCUT2D eigenvalue weighted by Gasteiger charge is 2.06. The van der Waals surface area contributed by atoms with Gasteiger partial charge in [-0.05, 0) is 24.1 Å². The second kappa shape index (κ2) is 7.82. The minimum Gasteiger partial charge on any atom is -0.395 e. The zero-order chi connectivity index (χ0) is 12.7. The predicted octanol–water partition coefficient (Wildman–Crippen LogP) is 2.20. The molecule has 0 amide bonds. The van der Waals surface area contributed by atoms with E-state index < -0.39 is 0 Å². The molecular formula is C13H20BrNO2. The number of halogens is 1. The number of aryl methyl sites for hydroxylation is 1. The summed E-state index contributed by atoms with van der Waals surface area (Å²) in [6.07, 6.45) is 0. The summed E-state index contributed by atoms with van der Waals surface area (Å²) in [5.74, 6) is 0. The molecule has 96 valence electrons. The second-order valence-electron chi connectivity index (χ2n) is 4.08. The molecule has 0 radical (unpaired) electrons. The van der Waals surface area contributed by atoms with Crippen molar-refractivity contribution in [1.29, 1.82) is 0 Å². The van der Waals surface area contributed by atoms with E-state index in [0.29, 0.717) is 13.2 Å². The number of methoxy groups -OCH3 is 1. The Balaban J connectivity index is 2.61. The molecule has 17 heavy (non-hydrogen) atoms. The highest BCUT2D eigenvalue weighted by Crippen LogP contribution is 2.18. The number of hydrogen-bond acceptors (Lipinski definition) is 3. The van der Waals surface area contributed by atoms with Crippen LogP contribution in [0.2, 0.25) is 0 Å². The number of benzene rings is 1. The third kappa shape index (κ3) is 5.17. The van der Waals surface area contributed by atoms with Crippen LogP contribution < -0.4 is 0 Å². The third-order valence-electron chi connectivity index (χ3n) is 2.66. The largest absolute Gasteiger partial charge is 0.395 e. The fourth-order valence-corrected chi connectivity index (χ4v) is 1.94. The van der Waals surface area contributed by atoms with E-state index in [4.69, 9.17) is 9.84 Å². The molecule has 0 saturated carbocycles. The average molecular weight is 302 g/mol. The lowest BCUT2D eigenvalue weighted by molar-refractivity contribution is 0.127. The van der Waals surface area contributed by atoms with Crippen LogP contribution in [0, 0.1) is 6.92 Å². The van der Waals surface area contributed by atoms with Crippen molar-refractivity contribution >= 4 is 15.9 Å². The molecule has 1 rings (SSSR count). The van der Waals surface area contributed by atoms with Gasteiger partial charge in [0.2, 0.25) is 0 Å². The number of ether oxygens (including phenoxy) is 1. The predicted molar refractivity (Wildman–Crippen MR) is 73.1 cm³/mol. The molecule has 0 unspecified atom stereocenters. The van der Waals surface area contributed by atoms with Crippen LogP contribution in [0.1, 0.15) is 11.1 Å². The maximum atomic E-state index is 9.02. The highest BCUT2D eigenvalue weighted by molar-refractivity contribution is 9.10. The molecule has 3 nitrogen and oxygen atoms in total. The molecule has 1 aromatic rings. The van der Waals surface area contributed by atoms with E-state index >= 15 is 0 Å². The molecule has 1 N–H and O–H groups in total. The minimum atomic E-state index is 0.180. The molecule has 0 spiro atoms. The van der Waals surface area contributed by atoms with Gasteiger partial charge in [-0.15, -0.1) is 0 Å². The SMILES string of the molecule is COCCN(CCO)Cc1ccc(Br)c(C)c1. The molecule has 0 heterocycles. The van der Waals surface area contributed by atoms with Crippen LogP contribution in [-0.2, 0) is 11.3 Å². The summed E-state index contributed by atoms with van der Waals surface area (Å²) in [4.78, 5) is 2.19. The summed E-state index contributed by atoms with van der Waals surface area (Å²) in [7, 11) is 1.70. The maximum absolute atomic E-state index is 9.02. The van der Waals surface area contributed by atoms with E-state index in [-0.39, 0.29) is 6.61 Å². The van der Waals surface area contributed by atoms with E-state index in [9.17, 15) is 0 Å². The fraction of sp³-hybridized carbons (Fsp3) is 0.538.